The van der Waals surface area contributed by atoms with Crippen LogP contribution in [0.15, 0.2) is 53.4 Å². The van der Waals surface area contributed by atoms with Crippen LogP contribution < -0.4 is 5.32 Å². The first-order valence-electron chi connectivity index (χ1n) is 9.15. The number of nitrogens with zero attached hydrogens (tertiary/aromatic N) is 1. The second-order valence-electron chi connectivity index (χ2n) is 7.00. The quantitative estimate of drug-likeness (QED) is 0.842. The van der Waals surface area contributed by atoms with Crippen LogP contribution >= 0.6 is 23.4 Å². The third kappa shape index (κ3) is 3.99. The van der Waals surface area contributed by atoms with E-state index in [4.69, 9.17) is 11.6 Å². The van der Waals surface area contributed by atoms with Crippen LogP contribution in [0.25, 0.3) is 0 Å². The number of hydrogen-bond acceptors (Lipinski definition) is 3. The lowest BCUT2D eigenvalue weighted by molar-refractivity contribution is -0.129. The molecule has 1 saturated heterocycles. The van der Waals surface area contributed by atoms with Crippen molar-refractivity contribution in [2.45, 2.75) is 30.3 Å². The smallest absolute Gasteiger partial charge is 0.225 e. The van der Waals surface area contributed by atoms with Crippen molar-refractivity contribution in [3.63, 3.8) is 0 Å². The van der Waals surface area contributed by atoms with Gasteiger partial charge >= 0.3 is 0 Å². The lowest BCUT2D eigenvalue weighted by atomic mass is 10.0. The second-order valence-corrected chi connectivity index (χ2v) is 8.55. The molecular formula is C21H21ClN2O2S. The first-order chi connectivity index (χ1) is 13.1. The zero-order valence-electron chi connectivity index (χ0n) is 14.9. The lowest BCUT2D eigenvalue weighted by Crippen LogP contribution is -2.36. The molecule has 2 heterocycles. The molecule has 27 heavy (non-hydrogen) atoms. The Balaban J connectivity index is 1.41. The fourth-order valence-electron chi connectivity index (χ4n) is 3.71. The minimum Gasteiger partial charge on any atom is -0.349 e. The van der Waals surface area contributed by atoms with Crippen LogP contribution in [0.1, 0.15) is 30.0 Å². The third-order valence-electron chi connectivity index (χ3n) is 5.18. The summed E-state index contributed by atoms with van der Waals surface area (Å²) in [4.78, 5) is 28.2. The van der Waals surface area contributed by atoms with Crippen LogP contribution in [0.4, 0.5) is 0 Å². The van der Waals surface area contributed by atoms with Crippen molar-refractivity contribution in [3.05, 3.63) is 64.7 Å². The van der Waals surface area contributed by atoms with Gasteiger partial charge in [-0.3, -0.25) is 9.59 Å². The molecule has 1 fully saturated rings. The van der Waals surface area contributed by atoms with Gasteiger partial charge in [0.2, 0.25) is 11.8 Å². The number of hydrogen-bond donors (Lipinski definition) is 1. The van der Waals surface area contributed by atoms with Crippen molar-refractivity contribution in [3.8, 4) is 0 Å². The van der Waals surface area contributed by atoms with Crippen molar-refractivity contribution in [1.82, 2.24) is 10.2 Å². The Morgan fingerprint density at radius 1 is 1.19 bits per heavy atom. The van der Waals surface area contributed by atoms with E-state index in [1.807, 2.05) is 48.2 Å². The van der Waals surface area contributed by atoms with Gasteiger partial charge in [-0.2, -0.15) is 0 Å². The van der Waals surface area contributed by atoms with Gasteiger partial charge in [0.05, 0.1) is 12.0 Å². The second kappa shape index (κ2) is 7.95. The van der Waals surface area contributed by atoms with E-state index >= 15 is 0 Å². The molecular weight excluding hydrogens is 380 g/mol. The minimum atomic E-state index is -0.304. The zero-order chi connectivity index (χ0) is 18.8. The highest BCUT2D eigenvalue weighted by atomic mass is 35.5. The minimum absolute atomic E-state index is 0.00895. The predicted molar refractivity (Wildman–Crippen MR) is 108 cm³/mol. The van der Waals surface area contributed by atoms with Crippen molar-refractivity contribution in [2.24, 2.45) is 5.92 Å². The average Bonchev–Trinajstić information content (AvgIpc) is 3.05. The zero-order valence-corrected chi connectivity index (χ0v) is 16.4. The predicted octanol–water partition coefficient (Wildman–Crippen LogP) is 4.04. The summed E-state index contributed by atoms with van der Waals surface area (Å²) in [7, 11) is 0. The maximum absolute atomic E-state index is 12.8. The number of carbonyl (C=O) groups excluding carboxylic acids is 2. The van der Waals surface area contributed by atoms with E-state index < -0.39 is 0 Å². The average molecular weight is 401 g/mol. The SMILES string of the molecule is O=C(NC1CCSc2ccccc21)C1CC(=O)N(Cc2ccccc2Cl)C1. The standard InChI is InChI=1S/C21H21ClN2O2S/c22-17-7-3-1-5-14(17)12-24-13-15(11-20(24)25)21(26)23-18-9-10-27-19-8-4-2-6-16(18)19/h1-8,15,18H,9-13H2,(H,23,26). The van der Waals surface area contributed by atoms with E-state index in [0.717, 1.165) is 17.7 Å². The molecule has 2 atom stereocenters. The maximum atomic E-state index is 12.8. The summed E-state index contributed by atoms with van der Waals surface area (Å²) in [6.45, 7) is 0.893. The number of thioether (sulfide) groups is 1. The number of fused-ring (bicyclic) bond motifs is 1. The van der Waals surface area contributed by atoms with Crippen LogP contribution in [0.2, 0.25) is 5.02 Å². The fourth-order valence-corrected chi connectivity index (χ4v) is 5.04. The van der Waals surface area contributed by atoms with Gasteiger partial charge in [-0.1, -0.05) is 48.0 Å². The summed E-state index contributed by atoms with van der Waals surface area (Å²) >= 11 is 8.04. The number of likely N-dealkylation sites (tertiary alicyclic amines) is 1. The molecule has 0 saturated carbocycles. The van der Waals surface area contributed by atoms with Gasteiger partial charge in [-0.25, -0.2) is 0 Å². The summed E-state index contributed by atoms with van der Waals surface area (Å²) < 4.78 is 0. The first-order valence-corrected chi connectivity index (χ1v) is 10.5. The number of amides is 2. The van der Waals surface area contributed by atoms with E-state index in [0.29, 0.717) is 18.1 Å². The molecule has 0 spiro atoms. The highest BCUT2D eigenvalue weighted by Gasteiger charge is 2.35. The van der Waals surface area contributed by atoms with E-state index in [9.17, 15) is 9.59 Å². The Labute approximate surface area is 168 Å². The van der Waals surface area contributed by atoms with Crippen molar-refractivity contribution in [1.29, 1.82) is 0 Å². The van der Waals surface area contributed by atoms with Gasteiger partial charge in [0.15, 0.2) is 0 Å². The molecule has 2 aromatic carbocycles. The monoisotopic (exact) mass is 400 g/mol. The Kier molecular flexibility index (Phi) is 5.41. The summed E-state index contributed by atoms with van der Waals surface area (Å²) in [5.74, 6) is 0.664. The number of halogens is 1. The third-order valence-corrected chi connectivity index (χ3v) is 6.67. The largest absolute Gasteiger partial charge is 0.349 e. The number of nitrogens with one attached hydrogen (secondary N) is 1. The molecule has 2 aliphatic rings. The Morgan fingerprint density at radius 2 is 1.96 bits per heavy atom. The Morgan fingerprint density at radius 3 is 2.81 bits per heavy atom. The molecule has 6 heteroatoms. The van der Waals surface area contributed by atoms with Gasteiger partial charge in [0.1, 0.15) is 0 Å². The Bertz CT molecular complexity index is 873. The Hall–Kier alpha value is -1.98. The summed E-state index contributed by atoms with van der Waals surface area (Å²) in [6.07, 6.45) is 1.18. The highest BCUT2D eigenvalue weighted by Crippen LogP contribution is 2.36. The van der Waals surface area contributed by atoms with E-state index in [-0.39, 0.29) is 30.2 Å². The molecule has 2 aliphatic heterocycles. The van der Waals surface area contributed by atoms with E-state index in [1.54, 1.807) is 4.90 Å². The molecule has 2 aromatic rings. The van der Waals surface area contributed by atoms with Gasteiger partial charge in [-0.15, -0.1) is 11.8 Å². The molecule has 1 N–H and O–H groups in total. The maximum Gasteiger partial charge on any atom is 0.225 e. The summed E-state index contributed by atoms with van der Waals surface area (Å²) in [6, 6.07) is 15.8. The fraction of sp³-hybridized carbons (Fsp3) is 0.333. The molecule has 140 valence electrons. The molecule has 0 aromatic heterocycles. The van der Waals surface area contributed by atoms with Gasteiger partial charge in [0, 0.05) is 35.2 Å². The first kappa shape index (κ1) is 18.4. The van der Waals surface area contributed by atoms with Gasteiger partial charge < -0.3 is 10.2 Å². The normalized spacial score (nSPS) is 21.8. The summed E-state index contributed by atoms with van der Waals surface area (Å²) in [5.41, 5.74) is 2.09. The van der Waals surface area contributed by atoms with Crippen molar-refractivity contribution in [2.75, 3.05) is 12.3 Å². The number of rotatable bonds is 4. The van der Waals surface area contributed by atoms with Crippen molar-refractivity contribution >= 4 is 35.2 Å². The molecule has 0 bridgehead atoms. The molecule has 2 amide bonds. The highest BCUT2D eigenvalue weighted by molar-refractivity contribution is 7.99. The lowest BCUT2D eigenvalue weighted by Gasteiger charge is -2.27. The van der Waals surface area contributed by atoms with Gasteiger partial charge in [0.25, 0.3) is 0 Å². The van der Waals surface area contributed by atoms with Crippen LogP contribution in [-0.2, 0) is 16.1 Å². The topological polar surface area (TPSA) is 49.4 Å². The van der Waals surface area contributed by atoms with E-state index in [1.165, 1.54) is 10.5 Å². The van der Waals surface area contributed by atoms with Crippen LogP contribution in [0.3, 0.4) is 0 Å². The molecule has 2 unspecified atom stereocenters. The van der Waals surface area contributed by atoms with Crippen LogP contribution in [-0.4, -0.2) is 29.0 Å². The summed E-state index contributed by atoms with van der Waals surface area (Å²) in [5, 5.41) is 3.82. The molecule has 4 nitrogen and oxygen atoms in total. The van der Waals surface area contributed by atoms with Crippen LogP contribution in [0.5, 0.6) is 0 Å². The molecule has 4 rings (SSSR count). The number of carbonyl (C=O) groups is 2. The van der Waals surface area contributed by atoms with Crippen LogP contribution in [0, 0.1) is 5.92 Å². The van der Waals surface area contributed by atoms with Crippen molar-refractivity contribution < 1.29 is 9.59 Å². The van der Waals surface area contributed by atoms with Gasteiger partial charge in [-0.05, 0) is 29.7 Å². The molecule has 0 radical (unpaired) electrons. The number of benzene rings is 2. The van der Waals surface area contributed by atoms with E-state index in [2.05, 4.69) is 17.4 Å². The molecule has 0 aliphatic carbocycles.